The molecule has 3 N–H and O–H groups in total. The summed E-state index contributed by atoms with van der Waals surface area (Å²) in [6.45, 7) is 7.62. The van der Waals surface area contributed by atoms with Gasteiger partial charge in [-0.3, -0.25) is 4.79 Å². The first-order chi connectivity index (χ1) is 10.7. The lowest BCUT2D eigenvalue weighted by atomic mass is 9.96. The first-order valence-corrected chi connectivity index (χ1v) is 10.1. The van der Waals surface area contributed by atoms with Gasteiger partial charge in [-0.15, -0.1) is 11.3 Å². The van der Waals surface area contributed by atoms with Crippen molar-refractivity contribution in [2.75, 3.05) is 19.6 Å². The lowest BCUT2D eigenvalue weighted by molar-refractivity contribution is -0.128. The standard InChI is InChI=1S/C15H25N3O3S2/c1-15(2,3)14(19)17-9-7-12-4-5-13(22-12)23(20,21)18-11-6-8-16-10-11/h4-5,11,16,18H,6-10H2,1-3H3,(H,17,19). The number of hydrogen-bond donors (Lipinski definition) is 3. The minimum Gasteiger partial charge on any atom is -0.355 e. The summed E-state index contributed by atoms with van der Waals surface area (Å²) >= 11 is 1.26. The minimum absolute atomic E-state index is 0.00250. The van der Waals surface area contributed by atoms with E-state index in [9.17, 15) is 13.2 Å². The van der Waals surface area contributed by atoms with Crippen LogP contribution in [0.2, 0.25) is 0 Å². The number of amides is 1. The predicted molar refractivity (Wildman–Crippen MR) is 92.1 cm³/mol. The Hall–Kier alpha value is -0.960. The van der Waals surface area contributed by atoms with Crippen LogP contribution in [0.3, 0.4) is 0 Å². The summed E-state index contributed by atoms with van der Waals surface area (Å²) in [5.41, 5.74) is -0.414. The summed E-state index contributed by atoms with van der Waals surface area (Å²) in [7, 11) is -3.45. The van der Waals surface area contributed by atoms with Crippen LogP contribution in [0.15, 0.2) is 16.3 Å². The third-order valence-corrected chi connectivity index (χ3v) is 6.78. The average molecular weight is 360 g/mol. The van der Waals surface area contributed by atoms with Crippen LogP contribution in [0, 0.1) is 5.41 Å². The Balaban J connectivity index is 1.88. The number of hydrogen-bond acceptors (Lipinski definition) is 5. The first kappa shape index (κ1) is 18.4. The van der Waals surface area contributed by atoms with Gasteiger partial charge in [0.25, 0.3) is 0 Å². The van der Waals surface area contributed by atoms with E-state index in [-0.39, 0.29) is 11.9 Å². The number of rotatable bonds is 6. The molecule has 0 bridgehead atoms. The van der Waals surface area contributed by atoms with Crippen molar-refractivity contribution < 1.29 is 13.2 Å². The van der Waals surface area contributed by atoms with Gasteiger partial charge in [-0.05, 0) is 31.5 Å². The van der Waals surface area contributed by atoms with Crippen LogP contribution in [-0.2, 0) is 21.2 Å². The Morgan fingerprint density at radius 1 is 1.39 bits per heavy atom. The van der Waals surface area contributed by atoms with Gasteiger partial charge in [0.05, 0.1) is 0 Å². The molecule has 0 radical (unpaired) electrons. The van der Waals surface area contributed by atoms with Gasteiger partial charge in [0.15, 0.2) is 0 Å². The van der Waals surface area contributed by atoms with Crippen LogP contribution in [-0.4, -0.2) is 40.0 Å². The molecule has 6 nitrogen and oxygen atoms in total. The Morgan fingerprint density at radius 2 is 2.13 bits per heavy atom. The smallest absolute Gasteiger partial charge is 0.250 e. The normalized spacial score (nSPS) is 19.0. The molecule has 1 aromatic heterocycles. The molecule has 8 heteroatoms. The van der Waals surface area contributed by atoms with E-state index in [1.807, 2.05) is 26.8 Å². The number of thiophene rings is 1. The summed E-state index contributed by atoms with van der Waals surface area (Å²) in [6, 6.07) is 3.42. The zero-order valence-electron chi connectivity index (χ0n) is 13.8. The van der Waals surface area contributed by atoms with Crippen molar-refractivity contribution in [1.82, 2.24) is 15.4 Å². The fourth-order valence-corrected chi connectivity index (χ4v) is 4.88. The predicted octanol–water partition coefficient (Wildman–Crippen LogP) is 1.09. The molecule has 0 aromatic carbocycles. The maximum atomic E-state index is 12.3. The van der Waals surface area contributed by atoms with Gasteiger partial charge < -0.3 is 10.6 Å². The highest BCUT2D eigenvalue weighted by atomic mass is 32.2. The van der Waals surface area contributed by atoms with E-state index < -0.39 is 15.4 Å². The molecule has 1 amide bonds. The van der Waals surface area contributed by atoms with E-state index in [4.69, 9.17) is 0 Å². The van der Waals surface area contributed by atoms with Crippen molar-refractivity contribution in [3.8, 4) is 0 Å². The molecule has 1 saturated heterocycles. The van der Waals surface area contributed by atoms with Gasteiger partial charge in [-0.1, -0.05) is 20.8 Å². The minimum atomic E-state index is -3.45. The Kier molecular flexibility index (Phi) is 5.83. The SMILES string of the molecule is CC(C)(C)C(=O)NCCc1ccc(S(=O)(=O)NC2CCNC2)s1. The zero-order valence-corrected chi connectivity index (χ0v) is 15.4. The summed E-state index contributed by atoms with van der Waals surface area (Å²) < 4.78 is 27.7. The fourth-order valence-electron chi connectivity index (χ4n) is 2.23. The Morgan fingerprint density at radius 3 is 2.74 bits per heavy atom. The number of nitrogens with one attached hydrogen (secondary N) is 3. The molecule has 23 heavy (non-hydrogen) atoms. The van der Waals surface area contributed by atoms with E-state index in [2.05, 4.69) is 15.4 Å². The van der Waals surface area contributed by atoms with E-state index in [0.717, 1.165) is 17.8 Å². The number of carbonyl (C=O) groups is 1. The van der Waals surface area contributed by atoms with Crippen molar-refractivity contribution >= 4 is 27.3 Å². The summed E-state index contributed by atoms with van der Waals surface area (Å²) in [5.74, 6) is -0.00250. The Bertz CT molecular complexity index is 641. The van der Waals surface area contributed by atoms with Crippen molar-refractivity contribution in [2.24, 2.45) is 5.41 Å². The van der Waals surface area contributed by atoms with Gasteiger partial charge in [0, 0.05) is 29.4 Å². The second kappa shape index (κ2) is 7.29. The molecule has 130 valence electrons. The molecule has 1 fully saturated rings. The highest BCUT2D eigenvalue weighted by Crippen LogP contribution is 2.22. The molecule has 1 unspecified atom stereocenters. The van der Waals surface area contributed by atoms with E-state index >= 15 is 0 Å². The summed E-state index contributed by atoms with van der Waals surface area (Å²) in [6.07, 6.45) is 1.45. The highest BCUT2D eigenvalue weighted by molar-refractivity contribution is 7.91. The van der Waals surface area contributed by atoms with Crippen LogP contribution in [0.4, 0.5) is 0 Å². The number of carbonyl (C=O) groups excluding carboxylic acids is 1. The maximum absolute atomic E-state index is 12.3. The van der Waals surface area contributed by atoms with Crippen LogP contribution >= 0.6 is 11.3 Å². The molecule has 0 aliphatic carbocycles. The van der Waals surface area contributed by atoms with Crippen LogP contribution in [0.1, 0.15) is 32.1 Å². The molecular weight excluding hydrogens is 334 g/mol. The highest BCUT2D eigenvalue weighted by Gasteiger charge is 2.24. The van der Waals surface area contributed by atoms with Crippen molar-refractivity contribution in [2.45, 2.75) is 43.9 Å². The van der Waals surface area contributed by atoms with Gasteiger partial charge in [-0.2, -0.15) is 0 Å². The van der Waals surface area contributed by atoms with Crippen molar-refractivity contribution in [3.63, 3.8) is 0 Å². The molecular formula is C15H25N3O3S2. The second-order valence-electron chi connectivity index (χ2n) is 6.79. The molecule has 2 rings (SSSR count). The van der Waals surface area contributed by atoms with E-state index in [1.165, 1.54) is 11.3 Å². The maximum Gasteiger partial charge on any atom is 0.250 e. The lowest BCUT2D eigenvalue weighted by Crippen LogP contribution is -2.36. The lowest BCUT2D eigenvalue weighted by Gasteiger charge is -2.17. The topological polar surface area (TPSA) is 87.3 Å². The fraction of sp³-hybridized carbons (Fsp3) is 0.667. The van der Waals surface area contributed by atoms with Crippen LogP contribution in [0.25, 0.3) is 0 Å². The van der Waals surface area contributed by atoms with Crippen molar-refractivity contribution in [3.05, 3.63) is 17.0 Å². The average Bonchev–Trinajstić information content (AvgIpc) is 3.08. The largest absolute Gasteiger partial charge is 0.355 e. The molecule has 2 heterocycles. The molecule has 0 saturated carbocycles. The number of sulfonamides is 1. The molecule has 1 aromatic rings. The molecule has 0 spiro atoms. The third kappa shape index (κ3) is 5.27. The van der Waals surface area contributed by atoms with Gasteiger partial charge in [0.1, 0.15) is 4.21 Å². The van der Waals surface area contributed by atoms with E-state index in [1.54, 1.807) is 6.07 Å². The van der Waals surface area contributed by atoms with E-state index in [0.29, 0.717) is 23.7 Å². The second-order valence-corrected chi connectivity index (χ2v) is 9.90. The van der Waals surface area contributed by atoms with Crippen molar-refractivity contribution in [1.29, 1.82) is 0 Å². The van der Waals surface area contributed by atoms with Crippen LogP contribution in [0.5, 0.6) is 0 Å². The van der Waals surface area contributed by atoms with Gasteiger partial charge in [-0.25, -0.2) is 13.1 Å². The zero-order chi connectivity index (χ0) is 17.1. The van der Waals surface area contributed by atoms with Crippen LogP contribution < -0.4 is 15.4 Å². The quantitative estimate of drug-likeness (QED) is 0.710. The Labute approximate surface area is 142 Å². The monoisotopic (exact) mass is 359 g/mol. The summed E-state index contributed by atoms with van der Waals surface area (Å²) in [4.78, 5) is 12.7. The van der Waals surface area contributed by atoms with Gasteiger partial charge in [0.2, 0.25) is 15.9 Å². The molecule has 1 aliphatic heterocycles. The third-order valence-electron chi connectivity index (χ3n) is 3.62. The first-order valence-electron chi connectivity index (χ1n) is 7.78. The molecule has 1 aliphatic rings. The van der Waals surface area contributed by atoms with Gasteiger partial charge >= 0.3 is 0 Å². The molecule has 1 atom stereocenters. The summed E-state index contributed by atoms with van der Waals surface area (Å²) in [5, 5.41) is 6.01.